The first-order chi connectivity index (χ1) is 15.7. The molecule has 6 heteroatoms. The van der Waals surface area contributed by atoms with E-state index in [0.29, 0.717) is 11.3 Å². The fourth-order valence-corrected chi connectivity index (χ4v) is 4.27. The third-order valence-corrected chi connectivity index (χ3v) is 5.70. The van der Waals surface area contributed by atoms with E-state index in [1.807, 2.05) is 54.7 Å². The highest BCUT2D eigenvalue weighted by Gasteiger charge is 2.31. The van der Waals surface area contributed by atoms with Crippen molar-refractivity contribution in [3.8, 4) is 45.6 Å². The Kier molecular flexibility index (Phi) is 4.56. The van der Waals surface area contributed by atoms with Crippen LogP contribution in [0.2, 0.25) is 0 Å². The summed E-state index contributed by atoms with van der Waals surface area (Å²) in [6, 6.07) is 17.0. The van der Waals surface area contributed by atoms with Crippen LogP contribution in [0, 0.1) is 29.4 Å². The standard InChI is InChI=1S/C26H14N6/c1-29-25-13-24-22(12-20(25)17-4-8-31-9-5-17)21-11-19(16-2-6-30-7-3-16)18(14-27)10-23(21)26(24)32-15-28/h2-13,26,32H. The number of fused-ring (bicyclic) bond motifs is 3. The quantitative estimate of drug-likeness (QED) is 0.278. The van der Waals surface area contributed by atoms with Gasteiger partial charge in [0.2, 0.25) is 0 Å². The number of aromatic nitrogens is 2. The summed E-state index contributed by atoms with van der Waals surface area (Å²) in [5, 5.41) is 22.1. The van der Waals surface area contributed by atoms with Crippen molar-refractivity contribution in [2.24, 2.45) is 0 Å². The van der Waals surface area contributed by atoms with Crippen molar-refractivity contribution in [1.82, 2.24) is 15.3 Å². The maximum Gasteiger partial charge on any atom is 0.195 e. The highest BCUT2D eigenvalue weighted by molar-refractivity contribution is 5.91. The van der Waals surface area contributed by atoms with Crippen molar-refractivity contribution in [3.05, 3.63) is 101 Å². The van der Waals surface area contributed by atoms with Crippen LogP contribution >= 0.6 is 0 Å². The summed E-state index contributed by atoms with van der Waals surface area (Å²) in [4.78, 5) is 11.9. The number of rotatable bonds is 3. The number of nitriles is 2. The first-order valence-electron chi connectivity index (χ1n) is 9.84. The van der Waals surface area contributed by atoms with Crippen LogP contribution in [0.3, 0.4) is 0 Å². The van der Waals surface area contributed by atoms with Crippen molar-refractivity contribution in [3.63, 3.8) is 0 Å². The monoisotopic (exact) mass is 410 g/mol. The summed E-state index contributed by atoms with van der Waals surface area (Å²) in [6.07, 6.45) is 8.82. The van der Waals surface area contributed by atoms with Gasteiger partial charge >= 0.3 is 0 Å². The van der Waals surface area contributed by atoms with E-state index < -0.39 is 6.04 Å². The number of nitrogens with zero attached hydrogens (tertiary/aromatic N) is 5. The molecule has 5 rings (SSSR count). The van der Waals surface area contributed by atoms with E-state index in [1.54, 1.807) is 24.8 Å². The Morgan fingerprint density at radius 1 is 0.781 bits per heavy atom. The third kappa shape index (κ3) is 2.94. The summed E-state index contributed by atoms with van der Waals surface area (Å²) in [7, 11) is 0. The maximum atomic E-state index is 9.82. The Morgan fingerprint density at radius 3 is 1.91 bits per heavy atom. The van der Waals surface area contributed by atoms with Crippen molar-refractivity contribution < 1.29 is 0 Å². The summed E-state index contributed by atoms with van der Waals surface area (Å²) < 4.78 is 0. The van der Waals surface area contributed by atoms with E-state index in [1.165, 1.54) is 0 Å². The molecular weight excluding hydrogens is 396 g/mol. The van der Waals surface area contributed by atoms with Crippen molar-refractivity contribution in [2.45, 2.75) is 6.04 Å². The molecule has 0 bridgehead atoms. The van der Waals surface area contributed by atoms with Gasteiger partial charge in [0, 0.05) is 30.4 Å². The molecule has 0 amide bonds. The second kappa shape index (κ2) is 7.69. The van der Waals surface area contributed by atoms with Crippen LogP contribution in [0.1, 0.15) is 22.7 Å². The minimum Gasteiger partial charge on any atom is -0.312 e. The van der Waals surface area contributed by atoms with Crippen molar-refractivity contribution >= 4 is 5.69 Å². The van der Waals surface area contributed by atoms with Gasteiger partial charge in [-0.1, -0.05) is 6.07 Å². The van der Waals surface area contributed by atoms with Crippen molar-refractivity contribution in [1.29, 1.82) is 10.5 Å². The van der Waals surface area contributed by atoms with E-state index >= 15 is 0 Å². The lowest BCUT2D eigenvalue weighted by molar-refractivity contribution is 0.760. The lowest BCUT2D eigenvalue weighted by atomic mass is 9.93. The zero-order valence-corrected chi connectivity index (χ0v) is 16.7. The molecule has 0 fully saturated rings. The van der Waals surface area contributed by atoms with Crippen LogP contribution in [-0.2, 0) is 0 Å². The SMILES string of the molecule is [C-]#[N+]c1cc2c(cc1-c1ccncc1)-c1cc(-c3ccncc3)c(C#N)cc1C2NC#N. The predicted octanol–water partition coefficient (Wildman–Crippen LogP) is 5.37. The van der Waals surface area contributed by atoms with E-state index in [4.69, 9.17) is 6.57 Å². The first kappa shape index (κ1) is 19.0. The van der Waals surface area contributed by atoms with Gasteiger partial charge in [0.05, 0.1) is 24.2 Å². The highest BCUT2D eigenvalue weighted by atomic mass is 14.9. The molecule has 2 aromatic carbocycles. The first-order valence-corrected chi connectivity index (χ1v) is 9.84. The molecule has 1 aliphatic carbocycles. The number of pyridine rings is 2. The van der Waals surface area contributed by atoms with Crippen LogP contribution in [0.25, 0.3) is 38.2 Å². The Hall–Kier alpha value is -4.99. The maximum absolute atomic E-state index is 9.82. The molecule has 32 heavy (non-hydrogen) atoms. The zero-order chi connectivity index (χ0) is 22.1. The topological polar surface area (TPSA) is 89.8 Å². The second-order valence-electron chi connectivity index (χ2n) is 7.33. The fourth-order valence-electron chi connectivity index (χ4n) is 4.27. The normalized spacial score (nSPS) is 13.2. The van der Waals surface area contributed by atoms with Gasteiger partial charge in [-0.05, 0) is 81.4 Å². The van der Waals surface area contributed by atoms with Gasteiger partial charge in [0.1, 0.15) is 0 Å². The minimum absolute atomic E-state index is 0.421. The van der Waals surface area contributed by atoms with E-state index in [2.05, 4.69) is 26.2 Å². The molecule has 0 radical (unpaired) electrons. The summed E-state index contributed by atoms with van der Waals surface area (Å²) in [5.74, 6) is 0. The molecule has 4 aromatic rings. The molecular formula is C26H14N6. The Labute approximate surface area is 184 Å². The zero-order valence-electron chi connectivity index (χ0n) is 16.7. The Morgan fingerprint density at radius 2 is 1.34 bits per heavy atom. The van der Waals surface area contributed by atoms with Crippen LogP contribution in [-0.4, -0.2) is 9.97 Å². The Bertz CT molecular complexity index is 1360. The molecule has 0 saturated heterocycles. The van der Waals surface area contributed by atoms with Gasteiger partial charge in [0.25, 0.3) is 0 Å². The molecule has 2 aromatic heterocycles. The van der Waals surface area contributed by atoms with Crippen molar-refractivity contribution in [2.75, 3.05) is 0 Å². The van der Waals surface area contributed by atoms with Gasteiger partial charge in [-0.15, -0.1) is 0 Å². The number of hydrogen-bond donors (Lipinski definition) is 1. The van der Waals surface area contributed by atoms with Crippen LogP contribution < -0.4 is 5.32 Å². The van der Waals surface area contributed by atoms with Gasteiger partial charge in [-0.2, -0.15) is 10.5 Å². The molecule has 0 aliphatic heterocycles. The van der Waals surface area contributed by atoms with Crippen LogP contribution in [0.4, 0.5) is 5.69 Å². The largest absolute Gasteiger partial charge is 0.312 e. The number of hydrogen-bond acceptors (Lipinski definition) is 5. The summed E-state index contributed by atoms with van der Waals surface area (Å²) >= 11 is 0. The second-order valence-corrected chi connectivity index (χ2v) is 7.33. The minimum atomic E-state index is -0.421. The van der Waals surface area contributed by atoms with Crippen LogP contribution in [0.15, 0.2) is 73.3 Å². The average Bonchev–Trinajstić information content (AvgIpc) is 3.15. The number of nitrogens with one attached hydrogen (secondary N) is 1. The fraction of sp³-hybridized carbons (Fsp3) is 0.0385. The predicted molar refractivity (Wildman–Crippen MR) is 120 cm³/mol. The lowest BCUT2D eigenvalue weighted by Crippen LogP contribution is -2.14. The van der Waals surface area contributed by atoms with Crippen LogP contribution in [0.5, 0.6) is 0 Å². The molecule has 0 saturated carbocycles. The smallest absolute Gasteiger partial charge is 0.195 e. The molecule has 6 nitrogen and oxygen atoms in total. The lowest BCUT2D eigenvalue weighted by Gasteiger charge is -2.13. The van der Waals surface area contributed by atoms with Gasteiger partial charge in [0.15, 0.2) is 11.9 Å². The molecule has 1 atom stereocenters. The molecule has 1 aliphatic rings. The van der Waals surface area contributed by atoms with Gasteiger partial charge < -0.3 is 5.32 Å². The molecule has 148 valence electrons. The van der Waals surface area contributed by atoms with Gasteiger partial charge in [-0.25, -0.2) is 4.85 Å². The molecule has 2 heterocycles. The molecule has 0 spiro atoms. The van der Waals surface area contributed by atoms with E-state index in [0.717, 1.165) is 44.5 Å². The summed E-state index contributed by atoms with van der Waals surface area (Å²) in [5.41, 5.74) is 7.99. The van der Waals surface area contributed by atoms with E-state index in [-0.39, 0.29) is 0 Å². The van der Waals surface area contributed by atoms with Gasteiger partial charge in [-0.3, -0.25) is 9.97 Å². The Balaban J connectivity index is 1.80. The third-order valence-electron chi connectivity index (χ3n) is 5.70. The average molecular weight is 410 g/mol. The van der Waals surface area contributed by atoms with E-state index in [9.17, 15) is 10.5 Å². The highest BCUT2D eigenvalue weighted by Crippen LogP contribution is 2.49. The molecule has 1 N–H and O–H groups in total. The number of benzene rings is 2. The molecule has 1 unspecified atom stereocenters. The summed E-state index contributed by atoms with van der Waals surface area (Å²) in [6.45, 7) is 7.71.